The molecule has 102 valence electrons. The first-order chi connectivity index (χ1) is 8.25. The van der Waals surface area contributed by atoms with Gasteiger partial charge in [0, 0.05) is 6.54 Å². The quantitative estimate of drug-likeness (QED) is 0.898. The highest BCUT2D eigenvalue weighted by Crippen LogP contribution is 2.21. The topological polar surface area (TPSA) is 41.1 Å². The van der Waals surface area contributed by atoms with Crippen LogP contribution in [0.15, 0.2) is 12.1 Å². The van der Waals surface area contributed by atoms with Gasteiger partial charge in [0.05, 0.1) is 9.21 Å². The van der Waals surface area contributed by atoms with Crippen LogP contribution in [0.25, 0.3) is 0 Å². The Morgan fingerprint density at radius 2 is 2.39 bits per heavy atom. The van der Waals surface area contributed by atoms with Crippen molar-refractivity contribution < 1.29 is 4.79 Å². The summed E-state index contributed by atoms with van der Waals surface area (Å²) in [6.07, 6.45) is 3.57. The van der Waals surface area contributed by atoms with Gasteiger partial charge in [-0.1, -0.05) is 11.6 Å². The molecule has 1 aliphatic heterocycles. The zero-order valence-corrected chi connectivity index (χ0v) is 12.5. The van der Waals surface area contributed by atoms with Gasteiger partial charge in [-0.3, -0.25) is 4.79 Å². The number of piperidine rings is 1. The summed E-state index contributed by atoms with van der Waals surface area (Å²) in [7, 11) is 0. The van der Waals surface area contributed by atoms with Gasteiger partial charge in [0.1, 0.15) is 0 Å². The van der Waals surface area contributed by atoms with Crippen LogP contribution in [-0.2, 0) is 0 Å². The first-order valence-electron chi connectivity index (χ1n) is 6.00. The van der Waals surface area contributed by atoms with Crippen LogP contribution in [0.2, 0.25) is 4.34 Å². The number of amides is 1. The van der Waals surface area contributed by atoms with Gasteiger partial charge < -0.3 is 10.6 Å². The minimum Gasteiger partial charge on any atom is -0.351 e. The van der Waals surface area contributed by atoms with E-state index in [-0.39, 0.29) is 18.3 Å². The number of carbonyl (C=O) groups excluding carboxylic acids is 1. The molecule has 1 aromatic heterocycles. The predicted octanol–water partition coefficient (Wildman–Crippen LogP) is 2.94. The van der Waals surface area contributed by atoms with Gasteiger partial charge in [-0.15, -0.1) is 23.7 Å². The van der Waals surface area contributed by atoms with Crippen LogP contribution < -0.4 is 10.6 Å². The van der Waals surface area contributed by atoms with E-state index >= 15 is 0 Å². The second-order valence-corrected chi connectivity index (χ2v) is 6.08. The highest BCUT2D eigenvalue weighted by Gasteiger charge is 2.13. The molecule has 2 rings (SSSR count). The van der Waals surface area contributed by atoms with Crippen molar-refractivity contribution in [3.63, 3.8) is 0 Å². The number of hydrogen-bond acceptors (Lipinski definition) is 3. The Bertz CT molecular complexity index is 378. The average Bonchev–Trinajstić information content (AvgIpc) is 2.77. The van der Waals surface area contributed by atoms with E-state index in [2.05, 4.69) is 10.6 Å². The van der Waals surface area contributed by atoms with E-state index in [9.17, 15) is 4.79 Å². The Morgan fingerprint density at radius 1 is 1.56 bits per heavy atom. The molecule has 1 fully saturated rings. The molecule has 0 spiro atoms. The van der Waals surface area contributed by atoms with E-state index in [1.54, 1.807) is 12.1 Å². The Hall–Kier alpha value is -0.290. The van der Waals surface area contributed by atoms with E-state index in [0.29, 0.717) is 15.1 Å². The van der Waals surface area contributed by atoms with Gasteiger partial charge in [-0.05, 0) is 50.4 Å². The van der Waals surface area contributed by atoms with Crippen LogP contribution >= 0.6 is 35.3 Å². The molecule has 3 nitrogen and oxygen atoms in total. The molecule has 1 aromatic rings. The van der Waals surface area contributed by atoms with Crippen LogP contribution in [0.3, 0.4) is 0 Å². The monoisotopic (exact) mass is 308 g/mol. The van der Waals surface area contributed by atoms with Crippen molar-refractivity contribution in [3.8, 4) is 0 Å². The minimum atomic E-state index is -0.00864. The molecular formula is C12H18Cl2N2OS. The van der Waals surface area contributed by atoms with Crippen LogP contribution in [0, 0.1) is 5.92 Å². The lowest BCUT2D eigenvalue weighted by Crippen LogP contribution is -2.33. The van der Waals surface area contributed by atoms with Gasteiger partial charge in [-0.2, -0.15) is 0 Å². The third-order valence-corrected chi connectivity index (χ3v) is 4.26. The van der Waals surface area contributed by atoms with E-state index in [1.165, 1.54) is 24.2 Å². The second-order valence-electron chi connectivity index (χ2n) is 4.36. The molecule has 1 saturated heterocycles. The summed E-state index contributed by atoms with van der Waals surface area (Å²) in [6, 6.07) is 3.52. The Labute approximate surface area is 123 Å². The van der Waals surface area contributed by atoms with Crippen molar-refractivity contribution >= 4 is 41.3 Å². The van der Waals surface area contributed by atoms with Gasteiger partial charge in [-0.25, -0.2) is 0 Å². The summed E-state index contributed by atoms with van der Waals surface area (Å²) in [6.45, 7) is 2.97. The second kappa shape index (κ2) is 8.00. The van der Waals surface area contributed by atoms with Crippen molar-refractivity contribution in [2.45, 2.75) is 19.3 Å². The maximum Gasteiger partial charge on any atom is 0.261 e. The van der Waals surface area contributed by atoms with Gasteiger partial charge in [0.25, 0.3) is 5.91 Å². The average molecular weight is 309 g/mol. The fourth-order valence-corrected chi connectivity index (χ4v) is 3.04. The number of hydrogen-bond donors (Lipinski definition) is 2. The highest BCUT2D eigenvalue weighted by molar-refractivity contribution is 7.17. The smallest absolute Gasteiger partial charge is 0.261 e. The zero-order valence-electron chi connectivity index (χ0n) is 10.1. The SMILES string of the molecule is Cl.O=C(NCCC1CCCNC1)c1ccc(Cl)s1. The van der Waals surface area contributed by atoms with Crippen LogP contribution in [0.4, 0.5) is 0 Å². The van der Waals surface area contributed by atoms with E-state index < -0.39 is 0 Å². The first kappa shape index (κ1) is 15.8. The largest absolute Gasteiger partial charge is 0.351 e. The number of nitrogens with one attached hydrogen (secondary N) is 2. The molecule has 18 heavy (non-hydrogen) atoms. The first-order valence-corrected chi connectivity index (χ1v) is 7.19. The summed E-state index contributed by atoms with van der Waals surface area (Å²) in [5.74, 6) is 0.696. The van der Waals surface area contributed by atoms with E-state index in [1.807, 2.05) is 0 Å². The van der Waals surface area contributed by atoms with E-state index in [4.69, 9.17) is 11.6 Å². The standard InChI is InChI=1S/C12H17ClN2OS.ClH/c13-11-4-3-10(17-11)12(16)15-7-5-9-2-1-6-14-8-9;/h3-4,9,14H,1-2,5-8H2,(H,15,16);1H. The summed E-state index contributed by atoms with van der Waals surface area (Å²) < 4.78 is 0.659. The number of halogens is 2. The Kier molecular flexibility index (Phi) is 7.00. The molecule has 2 heterocycles. The van der Waals surface area contributed by atoms with Crippen molar-refractivity contribution in [3.05, 3.63) is 21.3 Å². The van der Waals surface area contributed by atoms with Gasteiger partial charge in [0.15, 0.2) is 0 Å². The lowest BCUT2D eigenvalue weighted by molar-refractivity contribution is 0.0954. The minimum absolute atomic E-state index is 0. The summed E-state index contributed by atoms with van der Waals surface area (Å²) >= 11 is 7.11. The molecule has 6 heteroatoms. The third kappa shape index (κ3) is 4.76. The molecule has 0 saturated carbocycles. The number of carbonyl (C=O) groups is 1. The molecular weight excluding hydrogens is 291 g/mol. The van der Waals surface area contributed by atoms with Crippen molar-refractivity contribution in [1.82, 2.24) is 10.6 Å². The molecule has 1 amide bonds. The Balaban J connectivity index is 0.00000162. The van der Waals surface area contributed by atoms with Crippen LogP contribution in [0.1, 0.15) is 28.9 Å². The molecule has 0 aromatic carbocycles. The predicted molar refractivity (Wildman–Crippen MR) is 79.1 cm³/mol. The van der Waals surface area contributed by atoms with Gasteiger partial charge in [0.2, 0.25) is 0 Å². The summed E-state index contributed by atoms with van der Waals surface area (Å²) in [4.78, 5) is 12.4. The fraction of sp³-hybridized carbons (Fsp3) is 0.583. The van der Waals surface area contributed by atoms with Crippen molar-refractivity contribution in [2.24, 2.45) is 5.92 Å². The molecule has 2 N–H and O–H groups in total. The maximum absolute atomic E-state index is 11.7. The van der Waals surface area contributed by atoms with Gasteiger partial charge >= 0.3 is 0 Å². The van der Waals surface area contributed by atoms with Crippen molar-refractivity contribution in [2.75, 3.05) is 19.6 Å². The molecule has 0 radical (unpaired) electrons. The van der Waals surface area contributed by atoms with Crippen LogP contribution in [-0.4, -0.2) is 25.5 Å². The molecule has 0 bridgehead atoms. The Morgan fingerprint density at radius 3 is 3.00 bits per heavy atom. The molecule has 1 aliphatic rings. The van der Waals surface area contributed by atoms with Crippen molar-refractivity contribution in [1.29, 1.82) is 0 Å². The highest BCUT2D eigenvalue weighted by atomic mass is 35.5. The third-order valence-electron chi connectivity index (χ3n) is 3.03. The maximum atomic E-state index is 11.7. The number of rotatable bonds is 4. The lowest BCUT2D eigenvalue weighted by atomic mass is 9.96. The zero-order chi connectivity index (χ0) is 12.1. The number of thiophene rings is 1. The van der Waals surface area contributed by atoms with Crippen LogP contribution in [0.5, 0.6) is 0 Å². The molecule has 0 aliphatic carbocycles. The fourth-order valence-electron chi connectivity index (χ4n) is 2.08. The molecule has 1 atom stereocenters. The van der Waals surface area contributed by atoms with E-state index in [0.717, 1.165) is 26.1 Å². The molecule has 1 unspecified atom stereocenters. The summed E-state index contributed by atoms with van der Waals surface area (Å²) in [5, 5.41) is 6.32. The normalized spacial score (nSPS) is 19.1. The lowest BCUT2D eigenvalue weighted by Gasteiger charge is -2.22. The summed E-state index contributed by atoms with van der Waals surface area (Å²) in [5.41, 5.74) is 0.